The van der Waals surface area contributed by atoms with Crippen LogP contribution >= 0.6 is 15.9 Å². The second-order valence-electron chi connectivity index (χ2n) is 9.22. The fraction of sp³-hybridized carbons (Fsp3) is 0.240. The van der Waals surface area contributed by atoms with Gasteiger partial charge in [0.2, 0.25) is 0 Å². The molecule has 7 heteroatoms. The minimum atomic E-state index is -0.744. The quantitative estimate of drug-likeness (QED) is 0.355. The van der Waals surface area contributed by atoms with E-state index >= 15 is 0 Å². The molecule has 1 aliphatic carbocycles. The van der Waals surface area contributed by atoms with Crippen LogP contribution in [-0.2, 0) is 4.79 Å². The number of benzene rings is 3. The maximum atomic E-state index is 13.4. The summed E-state index contributed by atoms with van der Waals surface area (Å²) in [4.78, 5) is 24.2. The number of anilines is 1. The molecule has 3 aromatic carbocycles. The van der Waals surface area contributed by atoms with Crippen molar-refractivity contribution in [2.75, 3.05) is 5.32 Å². The van der Waals surface area contributed by atoms with Crippen LogP contribution in [0.5, 0.6) is 5.75 Å². The van der Waals surface area contributed by atoms with Crippen molar-refractivity contribution in [2.24, 2.45) is 5.41 Å². The second-order valence-corrected chi connectivity index (χ2v) is 10.1. The molecule has 2 aliphatic rings. The molecule has 1 heterocycles. The fourth-order valence-electron chi connectivity index (χ4n) is 5.02. The van der Waals surface area contributed by atoms with E-state index in [1.54, 1.807) is 6.07 Å². The van der Waals surface area contributed by atoms with Crippen LogP contribution in [0.2, 0.25) is 0 Å². The lowest BCUT2D eigenvalue weighted by atomic mass is 9.67. The minimum absolute atomic E-state index is 0.0330. The Morgan fingerprint density at radius 1 is 1.12 bits per heavy atom. The smallest absolute Gasteiger partial charge is 0.263 e. The molecule has 0 amide bonds. The normalized spacial score (nSPS) is 19.3. The van der Waals surface area contributed by atoms with Crippen molar-refractivity contribution in [3.63, 3.8) is 0 Å². The lowest BCUT2D eigenvalue weighted by Crippen LogP contribution is -2.33. The minimum Gasteiger partial charge on any atom is -0.868 e. The van der Waals surface area contributed by atoms with Gasteiger partial charge in [0.1, 0.15) is 0 Å². The molecule has 1 atom stereocenters. The number of hydrogen-bond donors (Lipinski definition) is 1. The number of hydrogen-bond acceptors (Lipinski definition) is 5. The van der Waals surface area contributed by atoms with Crippen LogP contribution in [0.1, 0.15) is 43.9 Å². The number of ketones is 1. The van der Waals surface area contributed by atoms with Gasteiger partial charge in [-0.05, 0) is 51.6 Å². The lowest BCUT2D eigenvalue weighted by Gasteiger charge is -2.41. The molecule has 1 aliphatic heterocycles. The predicted octanol–water partition coefficient (Wildman–Crippen LogP) is 5.89. The summed E-state index contributed by atoms with van der Waals surface area (Å²) < 4.78 is 0.427. The van der Waals surface area contributed by atoms with Crippen molar-refractivity contribution in [1.82, 2.24) is 0 Å². The first-order valence-corrected chi connectivity index (χ1v) is 11.2. The second kappa shape index (κ2) is 7.17. The van der Waals surface area contributed by atoms with Crippen LogP contribution < -0.4 is 10.4 Å². The number of nitrogens with one attached hydrogen (secondary N) is 1. The number of carbonyl (C=O) groups is 1. The standard InChI is InChI=1S/C25H21BrN2O4/c1-25(2)11-17-21-15-6-4-3-5-13(15)7-8-18(21)27-23(22(17)20(29)12-25)16-9-14(26)10-19(24(16)30)28(31)32/h3-10,23,27,30H,11-12H2,1-2H3/p-1/t23-/m1/s1. The molecule has 162 valence electrons. The Balaban J connectivity index is 1.82. The summed E-state index contributed by atoms with van der Waals surface area (Å²) in [7, 11) is 0. The van der Waals surface area contributed by atoms with Gasteiger partial charge < -0.3 is 10.4 Å². The Morgan fingerprint density at radius 2 is 1.88 bits per heavy atom. The third-order valence-electron chi connectivity index (χ3n) is 6.31. The van der Waals surface area contributed by atoms with Crippen LogP contribution in [0.15, 0.2) is 58.6 Å². The fourth-order valence-corrected chi connectivity index (χ4v) is 5.48. The zero-order valence-corrected chi connectivity index (χ0v) is 19.2. The van der Waals surface area contributed by atoms with E-state index < -0.39 is 22.4 Å². The molecule has 0 saturated carbocycles. The number of carbonyl (C=O) groups excluding carboxylic acids is 1. The van der Waals surface area contributed by atoms with E-state index in [-0.39, 0.29) is 16.8 Å². The molecule has 6 nitrogen and oxygen atoms in total. The molecule has 0 unspecified atom stereocenters. The van der Waals surface area contributed by atoms with Crippen LogP contribution in [-0.4, -0.2) is 10.7 Å². The van der Waals surface area contributed by atoms with E-state index in [1.165, 1.54) is 6.07 Å². The predicted molar refractivity (Wildman–Crippen MR) is 125 cm³/mol. The van der Waals surface area contributed by atoms with Crippen molar-refractivity contribution in [3.8, 4) is 5.75 Å². The van der Waals surface area contributed by atoms with Gasteiger partial charge in [0.05, 0.1) is 11.0 Å². The SMILES string of the molecule is CC1(C)CC(=O)C2=C(C1)c1c(ccc3ccccc13)N[C@@H]2c1cc(Br)cc([N+](=O)[O-])c1[O-]. The molecule has 0 saturated heterocycles. The molecule has 5 rings (SSSR count). The number of nitro groups is 1. The number of allylic oxidation sites excluding steroid dienone is 1. The van der Waals surface area contributed by atoms with Gasteiger partial charge in [0, 0.05) is 33.8 Å². The van der Waals surface area contributed by atoms with Crippen LogP contribution in [0.4, 0.5) is 11.4 Å². The molecule has 0 fully saturated rings. The van der Waals surface area contributed by atoms with Crippen LogP contribution in [0.25, 0.3) is 16.3 Å². The Hall–Kier alpha value is -3.19. The molecule has 0 bridgehead atoms. The third kappa shape index (κ3) is 3.19. The van der Waals surface area contributed by atoms with E-state index in [2.05, 4.69) is 35.1 Å². The van der Waals surface area contributed by atoms with Crippen LogP contribution in [0.3, 0.4) is 0 Å². The first-order chi connectivity index (χ1) is 15.2. The number of halogens is 1. The summed E-state index contributed by atoms with van der Waals surface area (Å²) in [6.07, 6.45) is 1.03. The highest BCUT2D eigenvalue weighted by Gasteiger charge is 2.41. The summed E-state index contributed by atoms with van der Waals surface area (Å²) in [6.45, 7) is 4.14. The average Bonchev–Trinajstić information content (AvgIpc) is 2.73. The summed E-state index contributed by atoms with van der Waals surface area (Å²) in [5, 5.41) is 30.0. The maximum absolute atomic E-state index is 13.4. The average molecular weight is 492 g/mol. The number of fused-ring (bicyclic) bond motifs is 4. The summed E-state index contributed by atoms with van der Waals surface area (Å²) in [5.74, 6) is -0.709. The zero-order chi connectivity index (χ0) is 22.8. The zero-order valence-electron chi connectivity index (χ0n) is 17.6. The molecule has 0 spiro atoms. The summed E-state index contributed by atoms with van der Waals surface area (Å²) >= 11 is 3.30. The molecular weight excluding hydrogens is 472 g/mol. The van der Waals surface area contributed by atoms with E-state index in [0.29, 0.717) is 22.9 Å². The van der Waals surface area contributed by atoms with Crippen molar-refractivity contribution < 1.29 is 14.8 Å². The molecular formula is C25H20BrN2O4-. The van der Waals surface area contributed by atoms with Gasteiger partial charge in [0.25, 0.3) is 5.69 Å². The topological polar surface area (TPSA) is 95.3 Å². The Kier molecular flexibility index (Phi) is 4.64. The van der Waals surface area contributed by atoms with E-state index in [1.807, 2.05) is 36.4 Å². The van der Waals surface area contributed by atoms with Gasteiger partial charge >= 0.3 is 0 Å². The molecule has 3 aromatic rings. The van der Waals surface area contributed by atoms with Crippen molar-refractivity contribution in [1.29, 1.82) is 0 Å². The highest BCUT2D eigenvalue weighted by molar-refractivity contribution is 9.10. The van der Waals surface area contributed by atoms with Crippen molar-refractivity contribution >= 4 is 49.4 Å². The van der Waals surface area contributed by atoms with Gasteiger partial charge in [-0.3, -0.25) is 14.9 Å². The third-order valence-corrected chi connectivity index (χ3v) is 6.77. The molecule has 1 N–H and O–H groups in total. The van der Waals surface area contributed by atoms with E-state index in [4.69, 9.17) is 0 Å². The Bertz CT molecular complexity index is 1360. The van der Waals surface area contributed by atoms with Crippen LogP contribution in [0, 0.1) is 15.5 Å². The number of nitrogens with zero attached hydrogens (tertiary/aromatic N) is 1. The highest BCUT2D eigenvalue weighted by Crippen LogP contribution is 2.53. The summed E-state index contributed by atoms with van der Waals surface area (Å²) in [5.41, 5.74) is 2.72. The van der Waals surface area contributed by atoms with E-state index in [9.17, 15) is 20.0 Å². The maximum Gasteiger partial charge on any atom is 0.263 e. The van der Waals surface area contributed by atoms with Crippen molar-refractivity contribution in [3.05, 3.63) is 79.8 Å². The number of Topliss-reactive ketones (excluding diaryl/α,β-unsaturated/α-hetero) is 1. The largest absolute Gasteiger partial charge is 0.868 e. The van der Waals surface area contributed by atoms with Gasteiger partial charge in [-0.1, -0.05) is 60.1 Å². The lowest BCUT2D eigenvalue weighted by molar-refractivity contribution is -0.398. The number of nitro benzene ring substituents is 1. The monoisotopic (exact) mass is 491 g/mol. The molecule has 0 aromatic heterocycles. The Morgan fingerprint density at radius 3 is 2.62 bits per heavy atom. The van der Waals surface area contributed by atoms with Gasteiger partial charge in [-0.25, -0.2) is 0 Å². The highest BCUT2D eigenvalue weighted by atomic mass is 79.9. The van der Waals surface area contributed by atoms with Gasteiger partial charge in [0.15, 0.2) is 5.78 Å². The van der Waals surface area contributed by atoms with Crippen molar-refractivity contribution in [2.45, 2.75) is 32.7 Å². The first-order valence-electron chi connectivity index (χ1n) is 10.4. The Labute approximate surface area is 193 Å². The molecule has 0 radical (unpaired) electrons. The molecule has 32 heavy (non-hydrogen) atoms. The van der Waals surface area contributed by atoms with Gasteiger partial charge in [-0.2, -0.15) is 0 Å². The summed E-state index contributed by atoms with van der Waals surface area (Å²) in [6, 6.07) is 14.0. The van der Waals surface area contributed by atoms with Gasteiger partial charge in [-0.15, -0.1) is 0 Å². The first kappa shape index (κ1) is 20.7. The van der Waals surface area contributed by atoms with E-state index in [0.717, 1.165) is 27.6 Å². The number of rotatable bonds is 2.